The van der Waals surface area contributed by atoms with Crippen LogP contribution in [0, 0.1) is 10.1 Å². The molecule has 0 radical (unpaired) electrons. The van der Waals surface area contributed by atoms with Crippen molar-refractivity contribution >= 4 is 0 Å². The summed E-state index contributed by atoms with van der Waals surface area (Å²) in [4.78, 5) is 9.94. The molecule has 0 N–H and O–H groups in total. The zero-order chi connectivity index (χ0) is 10.7. The van der Waals surface area contributed by atoms with Crippen LogP contribution in [0.15, 0.2) is 0 Å². The largest absolute Gasteiger partial charge is 0.347 e. The second-order valence-electron chi connectivity index (χ2n) is 4.37. The molecule has 0 bridgehead atoms. The molecule has 0 aromatic carbocycles. The molecule has 0 aromatic heterocycles. The van der Waals surface area contributed by atoms with Gasteiger partial charge in [0.25, 0.3) is 0 Å². The molecule has 1 spiro atoms. The number of nitro groups is 1. The van der Waals surface area contributed by atoms with Crippen LogP contribution in [0.3, 0.4) is 0 Å². The van der Waals surface area contributed by atoms with Gasteiger partial charge in [0.2, 0.25) is 6.54 Å². The highest BCUT2D eigenvalue weighted by molar-refractivity contribution is 4.82. The molecule has 1 saturated carbocycles. The van der Waals surface area contributed by atoms with E-state index in [1.54, 1.807) is 0 Å². The Morgan fingerprint density at radius 3 is 2.73 bits per heavy atom. The summed E-state index contributed by atoms with van der Waals surface area (Å²) >= 11 is 0. The molecule has 1 heterocycles. The average Bonchev–Trinajstić information content (AvgIpc) is 2.60. The summed E-state index contributed by atoms with van der Waals surface area (Å²) in [5.41, 5.74) is 0. The van der Waals surface area contributed by atoms with Gasteiger partial charge in [0.05, 0.1) is 12.7 Å². The lowest BCUT2D eigenvalue weighted by atomic mass is 9.94. The maximum atomic E-state index is 10.2. The fraction of sp³-hybridized carbons (Fsp3) is 1.00. The second kappa shape index (κ2) is 4.45. The van der Waals surface area contributed by atoms with Gasteiger partial charge in [-0.3, -0.25) is 10.1 Å². The minimum Gasteiger partial charge on any atom is -0.347 e. The molecule has 1 aliphatic heterocycles. The van der Waals surface area contributed by atoms with Gasteiger partial charge in [0.1, 0.15) is 0 Å². The van der Waals surface area contributed by atoms with Crippen molar-refractivity contribution in [2.24, 2.45) is 0 Å². The molecular weight excluding hydrogens is 198 g/mol. The second-order valence-corrected chi connectivity index (χ2v) is 4.37. The van der Waals surface area contributed by atoms with Crippen LogP contribution >= 0.6 is 0 Å². The number of nitrogens with zero attached hydrogens (tertiary/aromatic N) is 1. The zero-order valence-corrected chi connectivity index (χ0v) is 8.81. The van der Waals surface area contributed by atoms with Crippen LogP contribution in [0.4, 0.5) is 0 Å². The van der Waals surface area contributed by atoms with E-state index in [1.807, 2.05) is 0 Å². The van der Waals surface area contributed by atoms with Gasteiger partial charge in [0, 0.05) is 24.2 Å². The van der Waals surface area contributed by atoms with Crippen LogP contribution in [-0.2, 0) is 9.47 Å². The molecule has 5 heteroatoms. The molecule has 5 nitrogen and oxygen atoms in total. The van der Waals surface area contributed by atoms with Crippen molar-refractivity contribution in [1.82, 2.24) is 0 Å². The highest BCUT2D eigenvalue weighted by Gasteiger charge is 2.42. The summed E-state index contributed by atoms with van der Waals surface area (Å²) in [5, 5.41) is 10.2. The molecule has 2 fully saturated rings. The SMILES string of the molecule is O=[N+]([O-])CCC1COC2(CCCCC2)O1. The lowest BCUT2D eigenvalue weighted by Crippen LogP contribution is -2.33. The maximum absolute atomic E-state index is 10.2. The van der Waals surface area contributed by atoms with E-state index in [9.17, 15) is 10.1 Å². The molecule has 86 valence electrons. The van der Waals surface area contributed by atoms with Gasteiger partial charge < -0.3 is 9.47 Å². The first kappa shape index (κ1) is 10.8. The topological polar surface area (TPSA) is 61.6 Å². The molecule has 1 atom stereocenters. The minimum atomic E-state index is -0.389. The van der Waals surface area contributed by atoms with Crippen LogP contribution in [0.5, 0.6) is 0 Å². The van der Waals surface area contributed by atoms with Gasteiger partial charge in [-0.15, -0.1) is 0 Å². The van der Waals surface area contributed by atoms with E-state index in [4.69, 9.17) is 9.47 Å². The quantitative estimate of drug-likeness (QED) is 0.531. The van der Waals surface area contributed by atoms with Crippen molar-refractivity contribution < 1.29 is 14.4 Å². The van der Waals surface area contributed by atoms with E-state index >= 15 is 0 Å². The summed E-state index contributed by atoms with van der Waals surface area (Å²) in [6.45, 7) is 0.498. The predicted octanol–water partition coefficient (Wildman–Crippen LogP) is 1.73. The van der Waals surface area contributed by atoms with E-state index in [-0.39, 0.29) is 23.4 Å². The monoisotopic (exact) mass is 215 g/mol. The van der Waals surface area contributed by atoms with Crippen molar-refractivity contribution in [3.05, 3.63) is 10.1 Å². The van der Waals surface area contributed by atoms with Crippen molar-refractivity contribution in [2.45, 2.75) is 50.4 Å². The van der Waals surface area contributed by atoms with E-state index in [0.29, 0.717) is 13.0 Å². The average molecular weight is 215 g/mol. The molecule has 2 aliphatic rings. The van der Waals surface area contributed by atoms with Crippen LogP contribution < -0.4 is 0 Å². The first-order valence-electron chi connectivity index (χ1n) is 5.64. The molecule has 2 rings (SSSR count). The highest BCUT2D eigenvalue weighted by Crippen LogP contribution is 2.38. The Balaban J connectivity index is 1.80. The van der Waals surface area contributed by atoms with Crippen molar-refractivity contribution in [3.63, 3.8) is 0 Å². The molecule has 0 aromatic rings. The zero-order valence-electron chi connectivity index (χ0n) is 8.81. The van der Waals surface area contributed by atoms with Gasteiger partial charge in [-0.25, -0.2) is 0 Å². The Kier molecular flexibility index (Phi) is 3.21. The molecule has 1 aliphatic carbocycles. The van der Waals surface area contributed by atoms with Gasteiger partial charge in [-0.2, -0.15) is 0 Å². The number of ether oxygens (including phenoxy) is 2. The third kappa shape index (κ3) is 2.66. The van der Waals surface area contributed by atoms with E-state index < -0.39 is 0 Å². The number of rotatable bonds is 3. The molecule has 1 saturated heterocycles. The summed E-state index contributed by atoms with van der Waals surface area (Å²) in [5.74, 6) is -0.389. The summed E-state index contributed by atoms with van der Waals surface area (Å²) in [6.07, 6.45) is 5.81. The maximum Gasteiger partial charge on any atom is 0.206 e. The van der Waals surface area contributed by atoms with E-state index in [2.05, 4.69) is 0 Å². The van der Waals surface area contributed by atoms with Gasteiger partial charge in [0.15, 0.2) is 5.79 Å². The normalized spacial score (nSPS) is 29.5. The van der Waals surface area contributed by atoms with Gasteiger partial charge in [-0.05, 0) is 12.8 Å². The Labute approximate surface area is 88.9 Å². The lowest BCUT2D eigenvalue weighted by Gasteiger charge is -2.31. The smallest absolute Gasteiger partial charge is 0.206 e. The fourth-order valence-corrected chi connectivity index (χ4v) is 2.36. The number of hydrogen-bond acceptors (Lipinski definition) is 4. The first-order valence-corrected chi connectivity index (χ1v) is 5.64. The Morgan fingerprint density at radius 2 is 2.07 bits per heavy atom. The van der Waals surface area contributed by atoms with E-state index in [0.717, 1.165) is 25.7 Å². The molecule has 0 amide bonds. The van der Waals surface area contributed by atoms with Crippen LogP contribution in [0.1, 0.15) is 38.5 Å². The third-order valence-electron chi connectivity index (χ3n) is 3.16. The van der Waals surface area contributed by atoms with Crippen LogP contribution in [0.25, 0.3) is 0 Å². The molecular formula is C10H17NO4. The number of hydrogen-bond donors (Lipinski definition) is 0. The third-order valence-corrected chi connectivity index (χ3v) is 3.16. The highest BCUT2D eigenvalue weighted by atomic mass is 16.7. The summed E-state index contributed by atoms with van der Waals surface area (Å²) < 4.78 is 11.5. The fourth-order valence-electron chi connectivity index (χ4n) is 2.36. The van der Waals surface area contributed by atoms with Crippen molar-refractivity contribution in [3.8, 4) is 0 Å². The first-order chi connectivity index (χ1) is 7.20. The van der Waals surface area contributed by atoms with Gasteiger partial charge >= 0.3 is 0 Å². The summed E-state index contributed by atoms with van der Waals surface area (Å²) in [6, 6.07) is 0. The van der Waals surface area contributed by atoms with Gasteiger partial charge in [-0.1, -0.05) is 6.42 Å². The minimum absolute atomic E-state index is 0.0237. The standard InChI is InChI=1S/C10H17NO4/c12-11(13)7-4-9-8-14-10(15-9)5-2-1-3-6-10/h9H,1-8H2. The summed E-state index contributed by atoms with van der Waals surface area (Å²) in [7, 11) is 0. The van der Waals surface area contributed by atoms with E-state index in [1.165, 1.54) is 6.42 Å². The Hall–Kier alpha value is -0.680. The van der Waals surface area contributed by atoms with Crippen LogP contribution in [0.2, 0.25) is 0 Å². The molecule has 1 unspecified atom stereocenters. The van der Waals surface area contributed by atoms with Crippen LogP contribution in [-0.4, -0.2) is 30.0 Å². The Bertz CT molecular complexity index is 238. The molecule has 15 heavy (non-hydrogen) atoms. The predicted molar refractivity (Wildman–Crippen MR) is 53.1 cm³/mol. The Morgan fingerprint density at radius 1 is 1.33 bits per heavy atom. The lowest BCUT2D eigenvalue weighted by molar-refractivity contribution is -0.482. The van der Waals surface area contributed by atoms with Crippen molar-refractivity contribution in [1.29, 1.82) is 0 Å². The van der Waals surface area contributed by atoms with Crippen molar-refractivity contribution in [2.75, 3.05) is 13.2 Å².